The Kier molecular flexibility index (Phi) is 5.18. The van der Waals surface area contributed by atoms with Crippen LogP contribution in [0.1, 0.15) is 31.2 Å². The van der Waals surface area contributed by atoms with Crippen LogP contribution in [0.4, 0.5) is 0 Å². The number of hydrogen-bond acceptors (Lipinski definition) is 4. The average Bonchev–Trinajstić information content (AvgIpc) is 3.10. The lowest BCUT2D eigenvalue weighted by Gasteiger charge is -2.36. The topological polar surface area (TPSA) is 86.7 Å². The Morgan fingerprint density at radius 1 is 1.32 bits per heavy atom. The Morgan fingerprint density at radius 2 is 2.04 bits per heavy atom. The molecule has 3 rings (SSSR count). The Labute approximate surface area is 149 Å². The maximum absolute atomic E-state index is 12.7. The van der Waals surface area contributed by atoms with Crippen LogP contribution in [0.3, 0.4) is 0 Å². The molecule has 7 heteroatoms. The maximum Gasteiger partial charge on any atom is 0.224 e. The zero-order valence-corrected chi connectivity index (χ0v) is 15.3. The van der Waals surface area contributed by atoms with E-state index in [2.05, 4.69) is 16.9 Å². The fraction of sp³-hybridized carbons (Fsp3) is 0.611. The number of nitrogens with one attached hydrogen (secondary N) is 1. The minimum atomic E-state index is -3.28. The van der Waals surface area contributed by atoms with Crippen LogP contribution in [0.5, 0.6) is 0 Å². The number of benzene rings is 1. The van der Waals surface area contributed by atoms with E-state index in [1.807, 2.05) is 23.1 Å². The van der Waals surface area contributed by atoms with Crippen LogP contribution in [0.2, 0.25) is 0 Å². The van der Waals surface area contributed by atoms with Crippen LogP contribution in [0.25, 0.3) is 0 Å². The molecule has 0 spiro atoms. The van der Waals surface area contributed by atoms with Crippen molar-refractivity contribution in [1.82, 2.24) is 9.62 Å². The Bertz CT molecular complexity index is 722. The molecule has 2 N–H and O–H groups in total. The molecule has 2 aliphatic heterocycles. The molecular weight excluding hydrogens is 340 g/mol. The van der Waals surface area contributed by atoms with Crippen LogP contribution >= 0.6 is 0 Å². The third-order valence-electron chi connectivity index (χ3n) is 5.56. The van der Waals surface area contributed by atoms with Gasteiger partial charge in [-0.1, -0.05) is 30.3 Å². The predicted octanol–water partition coefficient (Wildman–Crippen LogP) is 0.910. The van der Waals surface area contributed by atoms with Gasteiger partial charge in [-0.3, -0.25) is 4.79 Å². The van der Waals surface area contributed by atoms with Gasteiger partial charge in [0.15, 0.2) is 0 Å². The minimum absolute atomic E-state index is 0.0213. The summed E-state index contributed by atoms with van der Waals surface area (Å²) in [6.07, 6.45) is 4.70. The molecule has 138 valence electrons. The van der Waals surface area contributed by atoms with Crippen molar-refractivity contribution in [3.05, 3.63) is 35.9 Å². The standard InChI is InChI=1S/C18H26N2O4S/c1-25(23,24)19-10-9-17(22)20-15-7-8-16(20)18(12-15,13-21)11-14-5-3-2-4-6-14/h2-6,15-16,19,21H,7-13H2,1H3/t15-,16+,18-/m1/s1. The van der Waals surface area contributed by atoms with Gasteiger partial charge in [0.05, 0.1) is 12.9 Å². The zero-order chi connectivity index (χ0) is 18.1. The number of carbonyl (C=O) groups excluding carboxylic acids is 1. The molecule has 0 aromatic heterocycles. The average molecular weight is 366 g/mol. The molecule has 2 heterocycles. The highest BCUT2D eigenvalue weighted by Gasteiger charge is 2.56. The lowest BCUT2D eigenvalue weighted by Crippen LogP contribution is -2.44. The molecule has 3 atom stereocenters. The van der Waals surface area contributed by atoms with E-state index in [4.69, 9.17) is 0 Å². The number of fused-ring (bicyclic) bond motifs is 2. The highest BCUT2D eigenvalue weighted by Crippen LogP contribution is 2.51. The van der Waals surface area contributed by atoms with Crippen molar-refractivity contribution in [2.24, 2.45) is 5.41 Å². The van der Waals surface area contributed by atoms with Crippen molar-refractivity contribution in [2.75, 3.05) is 19.4 Å². The summed E-state index contributed by atoms with van der Waals surface area (Å²) in [5.74, 6) is -0.0213. The zero-order valence-electron chi connectivity index (χ0n) is 14.5. The molecule has 1 aromatic carbocycles. The smallest absolute Gasteiger partial charge is 0.224 e. The molecule has 0 radical (unpaired) electrons. The van der Waals surface area contributed by atoms with Gasteiger partial charge in [0.2, 0.25) is 15.9 Å². The summed E-state index contributed by atoms with van der Waals surface area (Å²) >= 11 is 0. The van der Waals surface area contributed by atoms with E-state index in [1.54, 1.807) is 0 Å². The van der Waals surface area contributed by atoms with Gasteiger partial charge in [0.1, 0.15) is 0 Å². The lowest BCUT2D eigenvalue weighted by atomic mass is 9.70. The fourth-order valence-electron chi connectivity index (χ4n) is 4.56. The Balaban J connectivity index is 1.70. The SMILES string of the molecule is CS(=O)(=O)NCCC(=O)N1[C@@H]2CC[C@H]1[C@](CO)(Cc1ccccc1)C2. The summed E-state index contributed by atoms with van der Waals surface area (Å²) in [4.78, 5) is 14.6. The quantitative estimate of drug-likeness (QED) is 0.751. The van der Waals surface area contributed by atoms with Crippen molar-refractivity contribution in [3.63, 3.8) is 0 Å². The van der Waals surface area contributed by atoms with Crippen molar-refractivity contribution in [1.29, 1.82) is 0 Å². The van der Waals surface area contributed by atoms with Gasteiger partial charge in [-0.15, -0.1) is 0 Å². The van der Waals surface area contributed by atoms with E-state index in [0.717, 1.165) is 31.9 Å². The number of aliphatic hydroxyl groups excluding tert-OH is 1. The summed E-state index contributed by atoms with van der Waals surface area (Å²) < 4.78 is 24.7. The van der Waals surface area contributed by atoms with E-state index in [0.29, 0.717) is 0 Å². The first-order chi connectivity index (χ1) is 11.8. The van der Waals surface area contributed by atoms with Gasteiger partial charge >= 0.3 is 0 Å². The summed E-state index contributed by atoms with van der Waals surface area (Å²) in [6.45, 7) is 0.187. The van der Waals surface area contributed by atoms with Crippen molar-refractivity contribution in [2.45, 2.75) is 44.2 Å². The lowest BCUT2D eigenvalue weighted by molar-refractivity contribution is -0.133. The molecular formula is C18H26N2O4S. The predicted molar refractivity (Wildman–Crippen MR) is 95.4 cm³/mol. The summed E-state index contributed by atoms with van der Waals surface area (Å²) in [5.41, 5.74) is 0.889. The van der Waals surface area contributed by atoms with Gasteiger partial charge in [0, 0.05) is 30.5 Å². The monoisotopic (exact) mass is 366 g/mol. The maximum atomic E-state index is 12.7. The summed E-state index contributed by atoms with van der Waals surface area (Å²) in [5, 5.41) is 10.2. The van der Waals surface area contributed by atoms with Crippen LogP contribution in [0, 0.1) is 5.41 Å². The van der Waals surface area contributed by atoms with Crippen molar-refractivity contribution < 1.29 is 18.3 Å². The molecule has 1 aromatic rings. The van der Waals surface area contributed by atoms with E-state index in [-0.39, 0.29) is 43.0 Å². The molecule has 0 saturated carbocycles. The number of carbonyl (C=O) groups is 1. The molecule has 1 amide bonds. The number of amides is 1. The number of hydrogen-bond donors (Lipinski definition) is 2. The number of sulfonamides is 1. The summed E-state index contributed by atoms with van der Waals surface area (Å²) in [6, 6.07) is 10.3. The molecule has 2 saturated heterocycles. The molecule has 2 bridgehead atoms. The van der Waals surface area contributed by atoms with Crippen molar-refractivity contribution >= 4 is 15.9 Å². The van der Waals surface area contributed by atoms with E-state index in [9.17, 15) is 18.3 Å². The largest absolute Gasteiger partial charge is 0.396 e. The molecule has 0 unspecified atom stereocenters. The Morgan fingerprint density at radius 3 is 2.68 bits per heavy atom. The first kappa shape index (κ1) is 18.4. The number of rotatable bonds is 7. The Hall–Kier alpha value is -1.44. The molecule has 2 aliphatic rings. The molecule has 0 aliphatic carbocycles. The van der Waals surface area contributed by atoms with Gasteiger partial charge < -0.3 is 10.0 Å². The normalized spacial score (nSPS) is 28.5. The van der Waals surface area contributed by atoms with Gasteiger partial charge in [-0.05, 0) is 31.2 Å². The van der Waals surface area contributed by atoms with Crippen LogP contribution in [-0.4, -0.2) is 55.8 Å². The first-order valence-electron chi connectivity index (χ1n) is 8.75. The van der Waals surface area contributed by atoms with E-state index < -0.39 is 10.0 Å². The van der Waals surface area contributed by atoms with Crippen molar-refractivity contribution in [3.8, 4) is 0 Å². The molecule has 25 heavy (non-hydrogen) atoms. The highest BCUT2D eigenvalue weighted by atomic mass is 32.2. The van der Waals surface area contributed by atoms with Gasteiger partial charge in [-0.2, -0.15) is 0 Å². The third-order valence-corrected chi connectivity index (χ3v) is 6.29. The van der Waals surface area contributed by atoms with Gasteiger partial charge in [0.25, 0.3) is 0 Å². The fourth-order valence-corrected chi connectivity index (χ4v) is 5.03. The summed E-state index contributed by atoms with van der Waals surface area (Å²) in [7, 11) is -3.28. The van der Waals surface area contributed by atoms with Crippen LogP contribution in [-0.2, 0) is 21.2 Å². The van der Waals surface area contributed by atoms with E-state index >= 15 is 0 Å². The highest BCUT2D eigenvalue weighted by molar-refractivity contribution is 7.88. The third kappa shape index (κ3) is 3.88. The van der Waals surface area contributed by atoms with Crippen LogP contribution < -0.4 is 4.72 Å². The second-order valence-electron chi connectivity index (χ2n) is 7.35. The molecule has 2 fully saturated rings. The van der Waals surface area contributed by atoms with E-state index in [1.165, 1.54) is 5.56 Å². The number of aliphatic hydroxyl groups is 1. The van der Waals surface area contributed by atoms with Crippen LogP contribution in [0.15, 0.2) is 30.3 Å². The van der Waals surface area contributed by atoms with Gasteiger partial charge in [-0.25, -0.2) is 13.1 Å². The second kappa shape index (κ2) is 7.05. The number of nitrogens with zero attached hydrogens (tertiary/aromatic N) is 1. The first-order valence-corrected chi connectivity index (χ1v) is 10.6. The second-order valence-corrected chi connectivity index (χ2v) is 9.18. The minimum Gasteiger partial charge on any atom is -0.396 e. The molecule has 6 nitrogen and oxygen atoms in total.